The van der Waals surface area contributed by atoms with E-state index in [0.29, 0.717) is 17.5 Å². The van der Waals surface area contributed by atoms with Crippen LogP contribution in [0.3, 0.4) is 0 Å². The molecule has 0 amide bonds. The zero-order chi connectivity index (χ0) is 33.0. The minimum absolute atomic E-state index is 0.628. The Kier molecular flexibility index (Phi) is 6.64. The van der Waals surface area contributed by atoms with Crippen LogP contribution in [0.1, 0.15) is 0 Å². The van der Waals surface area contributed by atoms with E-state index in [4.69, 9.17) is 15.0 Å². The minimum atomic E-state index is 0.628. The Morgan fingerprint density at radius 2 is 0.980 bits per heavy atom. The molecule has 0 unspecified atom stereocenters. The Morgan fingerprint density at radius 3 is 1.82 bits per heavy atom. The largest absolute Gasteiger partial charge is 0.308 e. The lowest BCUT2D eigenvalue weighted by molar-refractivity contribution is 1.06. The summed E-state index contributed by atoms with van der Waals surface area (Å²) in [4.78, 5) is 15.4. The predicted octanol–water partition coefficient (Wildman–Crippen LogP) is 12.0. The first kappa shape index (κ1) is 28.6. The lowest BCUT2D eigenvalue weighted by Crippen LogP contribution is -2.03. The van der Waals surface area contributed by atoms with Crippen molar-refractivity contribution in [3.8, 4) is 51.0 Å². The van der Waals surface area contributed by atoms with Crippen LogP contribution in [0.4, 0.5) is 0 Å². The van der Waals surface area contributed by atoms with Gasteiger partial charge >= 0.3 is 0 Å². The number of thiophene rings is 1. The summed E-state index contributed by atoms with van der Waals surface area (Å²) in [7, 11) is 0. The Labute approximate surface area is 292 Å². The second-order valence-corrected chi connectivity index (χ2v) is 13.5. The molecule has 0 saturated carbocycles. The van der Waals surface area contributed by atoms with E-state index in [2.05, 4.69) is 150 Å². The molecule has 0 N–H and O–H groups in total. The van der Waals surface area contributed by atoms with E-state index < -0.39 is 0 Å². The third-order valence-corrected chi connectivity index (χ3v) is 10.6. The van der Waals surface area contributed by atoms with Crippen LogP contribution in [-0.4, -0.2) is 19.5 Å². The third kappa shape index (κ3) is 4.71. The molecule has 0 fully saturated rings. The third-order valence-electron chi connectivity index (χ3n) is 9.45. The van der Waals surface area contributed by atoms with Gasteiger partial charge in [0.15, 0.2) is 17.5 Å². The lowest BCUT2D eigenvalue weighted by atomic mass is 10.0. The molecule has 0 saturated heterocycles. The van der Waals surface area contributed by atoms with Crippen LogP contribution in [0, 0.1) is 0 Å². The molecule has 4 nitrogen and oxygen atoms in total. The van der Waals surface area contributed by atoms with Crippen LogP contribution in [0.2, 0.25) is 0 Å². The second-order valence-electron chi connectivity index (χ2n) is 12.5. The molecule has 5 heteroatoms. The highest BCUT2D eigenvalue weighted by Crippen LogP contribution is 2.42. The Balaban J connectivity index is 1.22. The highest BCUT2D eigenvalue weighted by Gasteiger charge is 2.20. The summed E-state index contributed by atoms with van der Waals surface area (Å²) in [6, 6.07) is 59.6. The van der Waals surface area contributed by atoms with Crippen molar-refractivity contribution >= 4 is 53.3 Å². The van der Waals surface area contributed by atoms with E-state index in [9.17, 15) is 0 Å². The molecular formula is C45H28N4S. The van der Waals surface area contributed by atoms with Gasteiger partial charge in [-0.25, -0.2) is 15.0 Å². The molecule has 50 heavy (non-hydrogen) atoms. The van der Waals surface area contributed by atoms with Gasteiger partial charge < -0.3 is 4.57 Å². The van der Waals surface area contributed by atoms with Crippen molar-refractivity contribution < 1.29 is 0 Å². The molecule has 0 radical (unpaired) electrons. The van der Waals surface area contributed by atoms with Gasteiger partial charge in [-0.05, 0) is 53.6 Å². The Bertz CT molecular complexity index is 2870. The van der Waals surface area contributed by atoms with Crippen molar-refractivity contribution in [3.05, 3.63) is 170 Å². The number of rotatable bonds is 5. The van der Waals surface area contributed by atoms with E-state index in [-0.39, 0.29) is 0 Å². The summed E-state index contributed by atoms with van der Waals surface area (Å²) in [5.74, 6) is 1.90. The van der Waals surface area contributed by atoms with E-state index in [0.717, 1.165) is 44.5 Å². The van der Waals surface area contributed by atoms with Crippen LogP contribution in [0.5, 0.6) is 0 Å². The average molecular weight is 657 g/mol. The molecule has 10 aromatic rings. The van der Waals surface area contributed by atoms with E-state index in [1.807, 2.05) is 35.6 Å². The highest BCUT2D eigenvalue weighted by atomic mass is 32.1. The van der Waals surface area contributed by atoms with Crippen molar-refractivity contribution in [3.63, 3.8) is 0 Å². The van der Waals surface area contributed by atoms with Crippen molar-refractivity contribution in [2.45, 2.75) is 0 Å². The van der Waals surface area contributed by atoms with Crippen LogP contribution in [-0.2, 0) is 0 Å². The summed E-state index contributed by atoms with van der Waals surface area (Å²) >= 11 is 1.84. The lowest BCUT2D eigenvalue weighted by Gasteiger charge is -2.15. The van der Waals surface area contributed by atoms with Gasteiger partial charge in [0.1, 0.15) is 0 Å². The maximum absolute atomic E-state index is 5.21. The summed E-state index contributed by atoms with van der Waals surface area (Å²) in [5.41, 5.74) is 8.41. The molecular weight excluding hydrogens is 629 g/mol. The molecule has 0 aliphatic rings. The summed E-state index contributed by atoms with van der Waals surface area (Å²) in [6.45, 7) is 0. The second kappa shape index (κ2) is 11.6. The fraction of sp³-hybridized carbons (Fsp3) is 0. The molecule has 0 aliphatic carbocycles. The number of benzene rings is 7. The Morgan fingerprint density at radius 1 is 0.360 bits per heavy atom. The number of para-hydroxylation sites is 2. The molecule has 234 valence electrons. The van der Waals surface area contributed by atoms with E-state index >= 15 is 0 Å². The average Bonchev–Trinajstić information content (AvgIpc) is 3.72. The smallest absolute Gasteiger partial charge is 0.166 e. The fourth-order valence-electron chi connectivity index (χ4n) is 7.12. The SMILES string of the molecule is c1ccc(-c2cccc(-c3nc(-c4ccccc4)nc(-c4ccccc4-n4c5ccccc5c5cc6c(cc54)sc4ccccc46)n3)c2)cc1. The topological polar surface area (TPSA) is 43.6 Å². The molecule has 3 aromatic heterocycles. The van der Waals surface area contributed by atoms with Gasteiger partial charge in [-0.15, -0.1) is 11.3 Å². The zero-order valence-electron chi connectivity index (χ0n) is 26.9. The van der Waals surface area contributed by atoms with E-state index in [1.165, 1.54) is 30.9 Å². The summed E-state index contributed by atoms with van der Waals surface area (Å²) in [6.07, 6.45) is 0. The van der Waals surface area contributed by atoms with Crippen LogP contribution < -0.4 is 0 Å². The van der Waals surface area contributed by atoms with Crippen molar-refractivity contribution in [2.75, 3.05) is 0 Å². The molecule has 0 aliphatic heterocycles. The quantitative estimate of drug-likeness (QED) is 0.185. The minimum Gasteiger partial charge on any atom is -0.308 e. The normalized spacial score (nSPS) is 11.6. The number of fused-ring (bicyclic) bond motifs is 6. The predicted molar refractivity (Wildman–Crippen MR) is 209 cm³/mol. The van der Waals surface area contributed by atoms with Crippen molar-refractivity contribution in [1.82, 2.24) is 19.5 Å². The van der Waals surface area contributed by atoms with Crippen LogP contribution in [0.15, 0.2) is 170 Å². The van der Waals surface area contributed by atoms with Crippen LogP contribution >= 0.6 is 11.3 Å². The summed E-state index contributed by atoms with van der Waals surface area (Å²) < 4.78 is 4.95. The molecule has 7 aromatic carbocycles. The highest BCUT2D eigenvalue weighted by molar-refractivity contribution is 7.25. The van der Waals surface area contributed by atoms with Gasteiger partial charge in [0.25, 0.3) is 0 Å². The van der Waals surface area contributed by atoms with Crippen molar-refractivity contribution in [1.29, 1.82) is 0 Å². The molecule has 0 spiro atoms. The Hall–Kier alpha value is -6.43. The van der Waals surface area contributed by atoms with Gasteiger partial charge in [0.2, 0.25) is 0 Å². The van der Waals surface area contributed by atoms with E-state index in [1.54, 1.807) is 0 Å². The monoisotopic (exact) mass is 656 g/mol. The number of nitrogens with zero attached hydrogens (tertiary/aromatic N) is 4. The first-order valence-electron chi connectivity index (χ1n) is 16.7. The first-order chi connectivity index (χ1) is 24.8. The van der Waals surface area contributed by atoms with Gasteiger partial charge in [-0.1, -0.05) is 127 Å². The van der Waals surface area contributed by atoms with Gasteiger partial charge in [-0.2, -0.15) is 0 Å². The maximum Gasteiger partial charge on any atom is 0.166 e. The standard InChI is InChI=1S/C45H28N4S/c1-3-14-29(15-4-1)31-18-13-19-32(26-31)44-46-43(30-16-5-2-6-17-30)47-45(48-44)35-22-8-11-24-39(35)49-38-23-10-7-20-33(38)36-27-37-34-21-9-12-25-41(34)50-42(37)28-40(36)49/h1-28H. The molecule has 0 bridgehead atoms. The fourth-order valence-corrected chi connectivity index (χ4v) is 8.24. The number of hydrogen-bond donors (Lipinski definition) is 0. The van der Waals surface area contributed by atoms with Gasteiger partial charge in [-0.3, -0.25) is 0 Å². The van der Waals surface area contributed by atoms with Gasteiger partial charge in [0.05, 0.1) is 16.7 Å². The first-order valence-corrected chi connectivity index (χ1v) is 17.5. The zero-order valence-corrected chi connectivity index (χ0v) is 27.7. The van der Waals surface area contributed by atoms with Gasteiger partial charge in [0, 0.05) is 47.6 Å². The van der Waals surface area contributed by atoms with Crippen molar-refractivity contribution in [2.24, 2.45) is 0 Å². The van der Waals surface area contributed by atoms with Crippen LogP contribution in [0.25, 0.3) is 93.0 Å². The molecule has 0 atom stereocenters. The number of hydrogen-bond acceptors (Lipinski definition) is 4. The summed E-state index contributed by atoms with van der Waals surface area (Å²) in [5, 5.41) is 5.04. The molecule has 10 rings (SSSR count). The number of aromatic nitrogens is 4. The molecule has 3 heterocycles. The maximum atomic E-state index is 5.21.